The summed E-state index contributed by atoms with van der Waals surface area (Å²) in [6, 6.07) is 19.4. The van der Waals surface area contributed by atoms with Gasteiger partial charge in [-0.2, -0.15) is 0 Å². The van der Waals surface area contributed by atoms with Gasteiger partial charge in [0.15, 0.2) is 0 Å². The van der Waals surface area contributed by atoms with E-state index in [0.717, 1.165) is 15.7 Å². The van der Waals surface area contributed by atoms with Crippen LogP contribution in [0.4, 0.5) is 10.5 Å². The highest BCUT2D eigenvalue weighted by Crippen LogP contribution is 2.33. The quantitative estimate of drug-likeness (QED) is 0.644. The van der Waals surface area contributed by atoms with Gasteiger partial charge in [0.2, 0.25) is 5.91 Å². The second-order valence-corrected chi connectivity index (χ2v) is 7.41. The van der Waals surface area contributed by atoms with E-state index in [4.69, 9.17) is 11.6 Å². The van der Waals surface area contributed by atoms with Crippen LogP contribution in [0.15, 0.2) is 66.7 Å². The van der Waals surface area contributed by atoms with Gasteiger partial charge in [0.05, 0.1) is 10.7 Å². The second-order valence-electron chi connectivity index (χ2n) is 7.00. The Labute approximate surface area is 172 Å². The molecule has 6 nitrogen and oxygen atoms in total. The van der Waals surface area contributed by atoms with Crippen molar-refractivity contribution in [1.82, 2.24) is 10.2 Å². The number of benzene rings is 3. The first-order valence-electron chi connectivity index (χ1n) is 9.07. The first kappa shape index (κ1) is 19.0. The van der Waals surface area contributed by atoms with Crippen LogP contribution in [0.2, 0.25) is 5.02 Å². The number of carbonyl (C=O) groups excluding carboxylic acids is 3. The maximum absolute atomic E-state index is 13.2. The summed E-state index contributed by atoms with van der Waals surface area (Å²) in [5.41, 5.74) is -0.159. The summed E-state index contributed by atoms with van der Waals surface area (Å²) in [5, 5.41) is 7.58. The minimum atomic E-state index is -1.26. The molecular formula is C22H18ClN3O3. The molecule has 2 N–H and O–H groups in total. The Kier molecular flexibility index (Phi) is 4.72. The predicted octanol–water partition coefficient (Wildman–Crippen LogP) is 3.90. The number of imide groups is 1. The molecule has 1 saturated heterocycles. The zero-order valence-corrected chi connectivity index (χ0v) is 16.4. The van der Waals surface area contributed by atoms with Crippen LogP contribution in [0.3, 0.4) is 0 Å². The molecule has 1 atom stereocenters. The number of urea groups is 1. The molecule has 1 heterocycles. The molecule has 1 fully saturated rings. The SMILES string of the molecule is CC1(c2cccc3ccccc23)NC(=O)N(CC(=O)Nc2ccccc2Cl)C1=O. The van der Waals surface area contributed by atoms with Crippen molar-refractivity contribution in [2.75, 3.05) is 11.9 Å². The molecule has 0 aliphatic carbocycles. The van der Waals surface area contributed by atoms with Gasteiger partial charge in [-0.3, -0.25) is 14.5 Å². The summed E-state index contributed by atoms with van der Waals surface area (Å²) in [5.74, 6) is -0.989. The summed E-state index contributed by atoms with van der Waals surface area (Å²) in [6.45, 7) is 1.25. The third-order valence-electron chi connectivity index (χ3n) is 5.05. The second kappa shape index (κ2) is 7.22. The number of fused-ring (bicyclic) bond motifs is 1. The molecule has 146 valence electrons. The lowest BCUT2D eigenvalue weighted by atomic mass is 9.88. The fourth-order valence-electron chi connectivity index (χ4n) is 3.58. The summed E-state index contributed by atoms with van der Waals surface area (Å²) < 4.78 is 0. The Hall–Kier alpha value is -3.38. The van der Waals surface area contributed by atoms with E-state index in [0.29, 0.717) is 16.3 Å². The minimum absolute atomic E-state index is 0.374. The molecule has 0 radical (unpaired) electrons. The largest absolute Gasteiger partial charge is 0.325 e. The third-order valence-corrected chi connectivity index (χ3v) is 5.38. The monoisotopic (exact) mass is 407 g/mol. The number of carbonyl (C=O) groups is 3. The topological polar surface area (TPSA) is 78.5 Å². The van der Waals surface area contributed by atoms with E-state index < -0.39 is 29.9 Å². The maximum Gasteiger partial charge on any atom is 0.325 e. The number of nitrogens with one attached hydrogen (secondary N) is 2. The fourth-order valence-corrected chi connectivity index (χ4v) is 3.76. The van der Waals surface area contributed by atoms with Gasteiger partial charge >= 0.3 is 6.03 Å². The number of amides is 4. The molecule has 0 spiro atoms. The first-order chi connectivity index (χ1) is 13.9. The van der Waals surface area contributed by atoms with Gasteiger partial charge in [0, 0.05) is 0 Å². The molecule has 0 aromatic heterocycles. The molecule has 7 heteroatoms. The van der Waals surface area contributed by atoms with Crippen LogP contribution in [0.1, 0.15) is 12.5 Å². The van der Waals surface area contributed by atoms with Crippen molar-refractivity contribution in [3.8, 4) is 0 Å². The first-order valence-corrected chi connectivity index (χ1v) is 9.45. The third kappa shape index (κ3) is 3.32. The van der Waals surface area contributed by atoms with E-state index in [1.807, 2.05) is 42.5 Å². The van der Waals surface area contributed by atoms with Gasteiger partial charge in [0.25, 0.3) is 5.91 Å². The van der Waals surface area contributed by atoms with E-state index in [1.54, 1.807) is 31.2 Å². The zero-order chi connectivity index (χ0) is 20.6. The van der Waals surface area contributed by atoms with Gasteiger partial charge in [0.1, 0.15) is 12.1 Å². The Morgan fingerprint density at radius 3 is 2.52 bits per heavy atom. The van der Waals surface area contributed by atoms with Gasteiger partial charge in [-0.05, 0) is 35.4 Å². The lowest BCUT2D eigenvalue weighted by molar-refractivity contribution is -0.133. The normalized spacial score (nSPS) is 18.8. The summed E-state index contributed by atoms with van der Waals surface area (Å²) in [4.78, 5) is 39.1. The van der Waals surface area contributed by atoms with Gasteiger partial charge in [-0.15, -0.1) is 0 Å². The standard InChI is InChI=1S/C22H18ClN3O3/c1-22(16-10-6-8-14-7-2-3-9-15(14)16)20(28)26(21(29)25-22)13-19(27)24-18-12-5-4-11-17(18)23/h2-12H,13H2,1H3,(H,24,27)(H,25,29). The van der Waals surface area contributed by atoms with Crippen molar-refractivity contribution >= 4 is 45.9 Å². The predicted molar refractivity (Wildman–Crippen MR) is 112 cm³/mol. The van der Waals surface area contributed by atoms with Crippen LogP contribution < -0.4 is 10.6 Å². The van der Waals surface area contributed by atoms with E-state index in [2.05, 4.69) is 10.6 Å². The highest BCUT2D eigenvalue weighted by molar-refractivity contribution is 6.33. The number of rotatable bonds is 4. The van der Waals surface area contributed by atoms with Gasteiger partial charge < -0.3 is 10.6 Å². The number of halogens is 1. The van der Waals surface area contributed by atoms with E-state index in [1.165, 1.54) is 0 Å². The highest BCUT2D eigenvalue weighted by atomic mass is 35.5. The molecule has 3 aromatic rings. The van der Waals surface area contributed by atoms with Crippen molar-refractivity contribution < 1.29 is 14.4 Å². The number of hydrogen-bond donors (Lipinski definition) is 2. The van der Waals surface area contributed by atoms with Crippen molar-refractivity contribution in [1.29, 1.82) is 0 Å². The summed E-state index contributed by atoms with van der Waals surface area (Å²) in [7, 11) is 0. The lowest BCUT2D eigenvalue weighted by Crippen LogP contribution is -2.42. The Morgan fingerprint density at radius 2 is 1.72 bits per heavy atom. The molecular weight excluding hydrogens is 390 g/mol. The van der Waals surface area contributed by atoms with E-state index in [-0.39, 0.29) is 0 Å². The van der Waals surface area contributed by atoms with Crippen LogP contribution in [0, 0.1) is 0 Å². The van der Waals surface area contributed by atoms with Crippen LogP contribution in [-0.2, 0) is 15.1 Å². The van der Waals surface area contributed by atoms with Crippen molar-refractivity contribution in [2.24, 2.45) is 0 Å². The lowest BCUT2D eigenvalue weighted by Gasteiger charge is -2.24. The zero-order valence-electron chi connectivity index (χ0n) is 15.6. The van der Waals surface area contributed by atoms with Crippen molar-refractivity contribution in [3.63, 3.8) is 0 Å². The number of hydrogen-bond acceptors (Lipinski definition) is 3. The van der Waals surface area contributed by atoms with Crippen LogP contribution in [-0.4, -0.2) is 29.3 Å². The van der Waals surface area contributed by atoms with Crippen LogP contribution >= 0.6 is 11.6 Å². The average Bonchev–Trinajstić information content (AvgIpc) is 2.93. The molecule has 4 amide bonds. The Balaban J connectivity index is 1.60. The average molecular weight is 408 g/mol. The van der Waals surface area contributed by atoms with Gasteiger partial charge in [-0.1, -0.05) is 66.2 Å². The molecule has 1 aliphatic heterocycles. The maximum atomic E-state index is 13.2. The molecule has 29 heavy (non-hydrogen) atoms. The van der Waals surface area contributed by atoms with E-state index >= 15 is 0 Å². The molecule has 1 unspecified atom stereocenters. The number of anilines is 1. The molecule has 3 aromatic carbocycles. The van der Waals surface area contributed by atoms with Gasteiger partial charge in [-0.25, -0.2) is 4.79 Å². The number of nitrogens with zero attached hydrogens (tertiary/aromatic N) is 1. The van der Waals surface area contributed by atoms with E-state index in [9.17, 15) is 14.4 Å². The molecule has 4 rings (SSSR count). The molecule has 0 bridgehead atoms. The van der Waals surface area contributed by atoms with Crippen molar-refractivity contribution in [2.45, 2.75) is 12.5 Å². The summed E-state index contributed by atoms with van der Waals surface area (Å²) >= 11 is 6.05. The molecule has 0 saturated carbocycles. The van der Waals surface area contributed by atoms with Crippen molar-refractivity contribution in [3.05, 3.63) is 77.3 Å². The smallest absolute Gasteiger partial charge is 0.323 e. The number of para-hydroxylation sites is 1. The minimum Gasteiger partial charge on any atom is -0.323 e. The molecule has 1 aliphatic rings. The Bertz CT molecular complexity index is 1140. The van der Waals surface area contributed by atoms with Crippen LogP contribution in [0.5, 0.6) is 0 Å². The Morgan fingerprint density at radius 1 is 1.03 bits per heavy atom. The van der Waals surface area contributed by atoms with Crippen LogP contribution in [0.25, 0.3) is 10.8 Å². The fraction of sp³-hybridized carbons (Fsp3) is 0.136. The highest BCUT2D eigenvalue weighted by Gasteiger charge is 2.50. The summed E-state index contributed by atoms with van der Waals surface area (Å²) in [6.07, 6.45) is 0.